The lowest BCUT2D eigenvalue weighted by molar-refractivity contribution is -0.117. The van der Waals surface area contributed by atoms with Gasteiger partial charge in [0.05, 0.1) is 5.75 Å². The number of aromatic nitrogens is 3. The molecule has 2 amide bonds. The second kappa shape index (κ2) is 7.54. The van der Waals surface area contributed by atoms with Gasteiger partial charge in [-0.2, -0.15) is 0 Å². The number of hydrogen-bond donors (Lipinski definition) is 1. The SMILES string of the molecule is Cn1cccc1C(=O)NC(=O)CSc1nnc(-c2ccc(Cl)cc2)o1. The second-order valence-corrected chi connectivity index (χ2v) is 6.41. The van der Waals surface area contributed by atoms with E-state index in [1.165, 1.54) is 0 Å². The zero-order valence-corrected chi connectivity index (χ0v) is 14.7. The van der Waals surface area contributed by atoms with Crippen LogP contribution in [0.5, 0.6) is 0 Å². The van der Waals surface area contributed by atoms with Crippen LogP contribution in [0.4, 0.5) is 0 Å². The Balaban J connectivity index is 1.55. The smallest absolute Gasteiger partial charge is 0.277 e. The largest absolute Gasteiger partial charge is 0.411 e. The molecule has 0 aliphatic carbocycles. The van der Waals surface area contributed by atoms with Crippen LogP contribution in [-0.4, -0.2) is 32.3 Å². The molecule has 0 unspecified atom stereocenters. The highest BCUT2D eigenvalue weighted by atomic mass is 35.5. The monoisotopic (exact) mass is 376 g/mol. The molecule has 0 saturated heterocycles. The summed E-state index contributed by atoms with van der Waals surface area (Å²) < 4.78 is 7.12. The number of aryl methyl sites for hydroxylation is 1. The Morgan fingerprint density at radius 3 is 2.68 bits per heavy atom. The van der Waals surface area contributed by atoms with Crippen LogP contribution in [0, 0.1) is 0 Å². The molecule has 0 atom stereocenters. The van der Waals surface area contributed by atoms with E-state index in [0.717, 1.165) is 17.3 Å². The molecule has 25 heavy (non-hydrogen) atoms. The van der Waals surface area contributed by atoms with E-state index in [1.54, 1.807) is 54.2 Å². The molecule has 0 bridgehead atoms. The summed E-state index contributed by atoms with van der Waals surface area (Å²) in [5, 5.41) is 11.0. The van der Waals surface area contributed by atoms with Crippen molar-refractivity contribution in [3.8, 4) is 11.5 Å². The molecule has 1 N–H and O–H groups in total. The number of carbonyl (C=O) groups is 2. The minimum Gasteiger partial charge on any atom is -0.411 e. The summed E-state index contributed by atoms with van der Waals surface area (Å²) in [4.78, 5) is 23.8. The highest BCUT2D eigenvalue weighted by molar-refractivity contribution is 7.99. The fraction of sp³-hybridized carbons (Fsp3) is 0.125. The lowest BCUT2D eigenvalue weighted by Gasteiger charge is -2.03. The van der Waals surface area contributed by atoms with Crippen molar-refractivity contribution in [3.05, 3.63) is 53.3 Å². The molecule has 0 aliphatic heterocycles. The van der Waals surface area contributed by atoms with E-state index < -0.39 is 11.8 Å². The quantitative estimate of drug-likeness (QED) is 0.688. The molecule has 0 spiro atoms. The van der Waals surface area contributed by atoms with E-state index in [9.17, 15) is 9.59 Å². The van der Waals surface area contributed by atoms with Crippen LogP contribution in [0.1, 0.15) is 10.5 Å². The van der Waals surface area contributed by atoms with Crippen molar-refractivity contribution in [1.29, 1.82) is 0 Å². The van der Waals surface area contributed by atoms with Crippen molar-refractivity contribution >= 4 is 35.2 Å². The number of hydrogen-bond acceptors (Lipinski definition) is 6. The van der Waals surface area contributed by atoms with Gasteiger partial charge in [-0.05, 0) is 36.4 Å². The van der Waals surface area contributed by atoms with Gasteiger partial charge in [0.2, 0.25) is 11.8 Å². The molecule has 3 rings (SSSR count). The highest BCUT2D eigenvalue weighted by Gasteiger charge is 2.15. The van der Waals surface area contributed by atoms with Crippen LogP contribution in [0.15, 0.2) is 52.2 Å². The predicted octanol–water partition coefficient (Wildman–Crippen LogP) is 2.78. The lowest BCUT2D eigenvalue weighted by Crippen LogP contribution is -2.32. The Kier molecular flexibility index (Phi) is 5.20. The number of carbonyl (C=O) groups excluding carboxylic acids is 2. The number of amides is 2. The zero-order chi connectivity index (χ0) is 17.8. The average molecular weight is 377 g/mol. The van der Waals surface area contributed by atoms with Crippen molar-refractivity contribution < 1.29 is 14.0 Å². The van der Waals surface area contributed by atoms with Gasteiger partial charge in [-0.15, -0.1) is 10.2 Å². The van der Waals surface area contributed by atoms with Gasteiger partial charge in [-0.3, -0.25) is 14.9 Å². The molecule has 2 aromatic heterocycles. The number of rotatable bonds is 5. The first-order chi connectivity index (χ1) is 12.0. The van der Waals surface area contributed by atoms with Crippen molar-refractivity contribution in [3.63, 3.8) is 0 Å². The van der Waals surface area contributed by atoms with Crippen molar-refractivity contribution in [2.24, 2.45) is 7.05 Å². The number of thioether (sulfide) groups is 1. The molecule has 128 valence electrons. The summed E-state index contributed by atoms with van der Waals surface area (Å²) in [6.07, 6.45) is 1.73. The maximum absolute atomic E-state index is 11.9. The number of benzene rings is 1. The molecule has 0 aliphatic rings. The summed E-state index contributed by atoms with van der Waals surface area (Å²) in [5.74, 6) is -0.578. The lowest BCUT2D eigenvalue weighted by atomic mass is 10.2. The minimum atomic E-state index is -0.453. The van der Waals surface area contributed by atoms with Crippen molar-refractivity contribution in [1.82, 2.24) is 20.1 Å². The maximum atomic E-state index is 11.9. The van der Waals surface area contributed by atoms with E-state index >= 15 is 0 Å². The molecule has 1 aromatic carbocycles. The molecule has 0 fully saturated rings. The Hall–Kier alpha value is -2.58. The van der Waals surface area contributed by atoms with E-state index in [4.69, 9.17) is 16.0 Å². The number of halogens is 1. The third-order valence-corrected chi connectivity index (χ3v) is 4.32. The first-order valence-electron chi connectivity index (χ1n) is 7.20. The Bertz CT molecular complexity index is 904. The Morgan fingerprint density at radius 1 is 1.24 bits per heavy atom. The van der Waals surface area contributed by atoms with E-state index in [0.29, 0.717) is 16.6 Å². The third-order valence-electron chi connectivity index (χ3n) is 3.25. The van der Waals surface area contributed by atoms with Gasteiger partial charge in [0.1, 0.15) is 5.69 Å². The molecule has 0 saturated carbocycles. The first-order valence-corrected chi connectivity index (χ1v) is 8.57. The van der Waals surface area contributed by atoms with Gasteiger partial charge >= 0.3 is 0 Å². The van der Waals surface area contributed by atoms with Crippen LogP contribution in [-0.2, 0) is 11.8 Å². The topological polar surface area (TPSA) is 90.0 Å². The van der Waals surface area contributed by atoms with Gasteiger partial charge in [-0.25, -0.2) is 0 Å². The molecular weight excluding hydrogens is 364 g/mol. The number of nitrogens with zero attached hydrogens (tertiary/aromatic N) is 3. The van der Waals surface area contributed by atoms with Gasteiger partial charge in [0, 0.05) is 23.8 Å². The Labute approximate surface area is 152 Å². The number of imide groups is 1. The standard InChI is InChI=1S/C16H13ClN4O3S/c1-21-8-2-3-12(21)14(23)18-13(22)9-25-16-20-19-15(24-16)10-4-6-11(17)7-5-10/h2-8H,9H2,1H3,(H,18,22,23). The van der Waals surface area contributed by atoms with Crippen molar-refractivity contribution in [2.45, 2.75) is 5.22 Å². The fourth-order valence-electron chi connectivity index (χ4n) is 2.03. The van der Waals surface area contributed by atoms with Gasteiger partial charge in [-0.1, -0.05) is 23.4 Å². The summed E-state index contributed by atoms with van der Waals surface area (Å²) in [7, 11) is 1.73. The van der Waals surface area contributed by atoms with E-state index in [1.807, 2.05) is 0 Å². The summed E-state index contributed by atoms with van der Waals surface area (Å²) in [5.41, 5.74) is 1.13. The number of nitrogens with one attached hydrogen (secondary N) is 1. The minimum absolute atomic E-state index is 0.0155. The van der Waals surface area contributed by atoms with Crippen LogP contribution < -0.4 is 5.32 Å². The van der Waals surface area contributed by atoms with Crippen LogP contribution in [0.25, 0.3) is 11.5 Å². The third kappa shape index (κ3) is 4.28. The first kappa shape index (κ1) is 17.2. The summed E-state index contributed by atoms with van der Waals surface area (Å²) in [6, 6.07) is 10.3. The molecule has 2 heterocycles. The zero-order valence-electron chi connectivity index (χ0n) is 13.1. The molecule has 7 nitrogen and oxygen atoms in total. The van der Waals surface area contributed by atoms with Crippen LogP contribution in [0.2, 0.25) is 5.02 Å². The van der Waals surface area contributed by atoms with Gasteiger partial charge in [0.15, 0.2) is 0 Å². The second-order valence-electron chi connectivity index (χ2n) is 5.05. The molecule has 9 heteroatoms. The van der Waals surface area contributed by atoms with Gasteiger partial charge in [0.25, 0.3) is 11.1 Å². The highest BCUT2D eigenvalue weighted by Crippen LogP contribution is 2.24. The van der Waals surface area contributed by atoms with E-state index in [2.05, 4.69) is 15.5 Å². The summed E-state index contributed by atoms with van der Waals surface area (Å²) >= 11 is 6.89. The van der Waals surface area contributed by atoms with Gasteiger partial charge < -0.3 is 8.98 Å². The predicted molar refractivity (Wildman–Crippen MR) is 93.4 cm³/mol. The Morgan fingerprint density at radius 2 is 2.00 bits per heavy atom. The molecule has 0 radical (unpaired) electrons. The molecular formula is C16H13ClN4O3S. The van der Waals surface area contributed by atoms with Crippen LogP contribution >= 0.6 is 23.4 Å². The summed E-state index contributed by atoms with van der Waals surface area (Å²) in [6.45, 7) is 0. The fourth-order valence-corrected chi connectivity index (χ4v) is 2.72. The average Bonchev–Trinajstić information content (AvgIpc) is 3.22. The molecule has 3 aromatic rings. The maximum Gasteiger partial charge on any atom is 0.277 e. The normalized spacial score (nSPS) is 10.6. The van der Waals surface area contributed by atoms with E-state index in [-0.39, 0.29) is 11.0 Å². The van der Waals surface area contributed by atoms with Crippen LogP contribution in [0.3, 0.4) is 0 Å². The van der Waals surface area contributed by atoms with Crippen molar-refractivity contribution in [2.75, 3.05) is 5.75 Å².